The topological polar surface area (TPSA) is 73.1 Å². The second kappa shape index (κ2) is 6.81. The first-order chi connectivity index (χ1) is 9.70. The van der Waals surface area contributed by atoms with E-state index in [1.54, 1.807) is 19.5 Å². The molecule has 0 aliphatic carbocycles. The summed E-state index contributed by atoms with van der Waals surface area (Å²) in [4.78, 5) is 8.56. The molecule has 0 aliphatic rings. The van der Waals surface area contributed by atoms with Gasteiger partial charge in [0.1, 0.15) is 16.4 Å². The predicted octanol–water partition coefficient (Wildman–Crippen LogP) is 1.77. The number of hydrogen-bond acceptors (Lipinski definition) is 5. The highest BCUT2D eigenvalue weighted by Gasteiger charge is 2.06. The Hall–Kier alpha value is -2.21. The van der Waals surface area contributed by atoms with Gasteiger partial charge in [-0.3, -0.25) is 0 Å². The first-order valence-electron chi connectivity index (χ1n) is 6.18. The molecular weight excluding hydrogens is 272 g/mol. The molecule has 0 amide bonds. The Bertz CT molecular complexity index is 586. The zero-order valence-electron chi connectivity index (χ0n) is 11.2. The molecule has 1 aromatic heterocycles. The van der Waals surface area contributed by atoms with Crippen molar-refractivity contribution in [3.8, 4) is 5.75 Å². The van der Waals surface area contributed by atoms with Crippen molar-refractivity contribution >= 4 is 23.0 Å². The van der Waals surface area contributed by atoms with Gasteiger partial charge in [0.05, 0.1) is 7.11 Å². The van der Waals surface area contributed by atoms with Gasteiger partial charge >= 0.3 is 0 Å². The van der Waals surface area contributed by atoms with Gasteiger partial charge in [-0.2, -0.15) is 0 Å². The second-order valence-corrected chi connectivity index (χ2v) is 4.58. The smallest absolute Gasteiger partial charge is 0.155 e. The fraction of sp³-hybridized carbons (Fsp3) is 0.214. The Balaban J connectivity index is 1.94. The molecule has 0 spiro atoms. The maximum atomic E-state index is 5.60. The number of aromatic nitrogens is 2. The number of rotatable bonds is 6. The summed E-state index contributed by atoms with van der Waals surface area (Å²) in [5.74, 6) is 1.47. The molecule has 1 heterocycles. The molecule has 0 saturated carbocycles. The zero-order valence-corrected chi connectivity index (χ0v) is 12.0. The minimum absolute atomic E-state index is 0.241. The van der Waals surface area contributed by atoms with E-state index in [-0.39, 0.29) is 4.99 Å². The minimum Gasteiger partial charge on any atom is -0.497 e. The van der Waals surface area contributed by atoms with E-state index < -0.39 is 0 Å². The fourth-order valence-corrected chi connectivity index (χ4v) is 1.91. The molecule has 0 bridgehead atoms. The van der Waals surface area contributed by atoms with Crippen LogP contribution in [0.4, 0.5) is 5.82 Å². The van der Waals surface area contributed by atoms with Gasteiger partial charge in [0.2, 0.25) is 0 Å². The molecule has 0 saturated heterocycles. The van der Waals surface area contributed by atoms with Gasteiger partial charge in [-0.1, -0.05) is 24.4 Å². The molecule has 104 valence electrons. The molecular formula is C14H16N4OS. The van der Waals surface area contributed by atoms with Gasteiger partial charge in [0.15, 0.2) is 5.82 Å². The number of hydrogen-bond donors (Lipinski definition) is 2. The molecule has 5 nitrogen and oxygen atoms in total. The van der Waals surface area contributed by atoms with Crippen molar-refractivity contribution in [3.05, 3.63) is 47.9 Å². The number of nitrogens with zero attached hydrogens (tertiary/aromatic N) is 2. The van der Waals surface area contributed by atoms with Crippen LogP contribution >= 0.6 is 12.2 Å². The largest absolute Gasteiger partial charge is 0.497 e. The summed E-state index contributed by atoms with van der Waals surface area (Å²) >= 11 is 4.94. The lowest BCUT2D eigenvalue weighted by atomic mass is 10.1. The maximum Gasteiger partial charge on any atom is 0.155 e. The summed E-state index contributed by atoms with van der Waals surface area (Å²) in [7, 11) is 1.65. The van der Waals surface area contributed by atoms with Crippen LogP contribution in [0.1, 0.15) is 11.3 Å². The van der Waals surface area contributed by atoms with E-state index in [4.69, 9.17) is 22.7 Å². The Morgan fingerprint density at radius 1 is 1.25 bits per heavy atom. The fourth-order valence-electron chi connectivity index (χ4n) is 1.77. The summed E-state index contributed by atoms with van der Waals surface area (Å²) in [5.41, 5.74) is 7.34. The van der Waals surface area contributed by atoms with Crippen molar-refractivity contribution in [3.63, 3.8) is 0 Å². The molecule has 0 radical (unpaired) electrons. The van der Waals surface area contributed by atoms with Crippen molar-refractivity contribution in [2.45, 2.75) is 6.42 Å². The third kappa shape index (κ3) is 3.64. The van der Waals surface area contributed by atoms with E-state index in [0.717, 1.165) is 18.7 Å². The van der Waals surface area contributed by atoms with Gasteiger partial charge in [0.25, 0.3) is 0 Å². The van der Waals surface area contributed by atoms with Gasteiger partial charge in [0, 0.05) is 18.9 Å². The van der Waals surface area contributed by atoms with E-state index in [1.165, 1.54) is 5.56 Å². The van der Waals surface area contributed by atoms with E-state index >= 15 is 0 Å². The lowest BCUT2D eigenvalue weighted by Gasteiger charge is -2.09. The molecule has 20 heavy (non-hydrogen) atoms. The number of anilines is 1. The average molecular weight is 288 g/mol. The number of benzene rings is 1. The van der Waals surface area contributed by atoms with Crippen LogP contribution in [-0.4, -0.2) is 28.6 Å². The van der Waals surface area contributed by atoms with Crippen LogP contribution in [-0.2, 0) is 6.42 Å². The molecule has 6 heteroatoms. The summed E-state index contributed by atoms with van der Waals surface area (Å²) in [6.07, 6.45) is 4.04. The molecule has 0 unspecified atom stereocenters. The van der Waals surface area contributed by atoms with Gasteiger partial charge < -0.3 is 15.8 Å². The Morgan fingerprint density at radius 3 is 2.60 bits per heavy atom. The third-order valence-corrected chi connectivity index (χ3v) is 2.99. The maximum absolute atomic E-state index is 5.60. The van der Waals surface area contributed by atoms with Crippen molar-refractivity contribution in [1.29, 1.82) is 0 Å². The Kier molecular flexibility index (Phi) is 4.84. The quantitative estimate of drug-likeness (QED) is 0.789. The lowest BCUT2D eigenvalue weighted by molar-refractivity contribution is 0.414. The van der Waals surface area contributed by atoms with Crippen molar-refractivity contribution in [2.75, 3.05) is 19.0 Å². The van der Waals surface area contributed by atoms with Crippen LogP contribution in [0.3, 0.4) is 0 Å². The second-order valence-electron chi connectivity index (χ2n) is 4.14. The van der Waals surface area contributed by atoms with Crippen LogP contribution in [0, 0.1) is 0 Å². The number of ether oxygens (including phenoxy) is 1. The van der Waals surface area contributed by atoms with E-state index in [2.05, 4.69) is 15.3 Å². The monoisotopic (exact) mass is 288 g/mol. The minimum atomic E-state index is 0.241. The normalized spacial score (nSPS) is 10.1. The third-order valence-electron chi connectivity index (χ3n) is 2.80. The predicted molar refractivity (Wildman–Crippen MR) is 83.1 cm³/mol. The van der Waals surface area contributed by atoms with E-state index in [0.29, 0.717) is 11.5 Å². The summed E-state index contributed by atoms with van der Waals surface area (Å²) in [6, 6.07) is 7.95. The molecule has 0 aliphatic heterocycles. The number of thiocarbonyl (C=S) groups is 1. The summed E-state index contributed by atoms with van der Waals surface area (Å²) in [5, 5.41) is 3.20. The van der Waals surface area contributed by atoms with Gasteiger partial charge in [-0.15, -0.1) is 0 Å². The van der Waals surface area contributed by atoms with E-state index in [9.17, 15) is 0 Å². The average Bonchev–Trinajstić information content (AvgIpc) is 2.48. The zero-order chi connectivity index (χ0) is 14.4. The highest BCUT2D eigenvalue weighted by Crippen LogP contribution is 2.12. The van der Waals surface area contributed by atoms with Gasteiger partial charge in [-0.25, -0.2) is 9.97 Å². The number of methoxy groups -OCH3 is 1. The standard InChI is InChI=1S/C14H16N4OS/c1-19-11-4-2-10(3-5-11)6-7-17-14-12(13(15)20)16-8-9-18-14/h2-5,8-9H,6-7H2,1H3,(H2,15,20)(H,17,18). The molecule has 0 atom stereocenters. The first-order valence-corrected chi connectivity index (χ1v) is 6.59. The van der Waals surface area contributed by atoms with Crippen LogP contribution in [0.15, 0.2) is 36.7 Å². The van der Waals surface area contributed by atoms with Crippen LogP contribution in [0.2, 0.25) is 0 Å². The molecule has 3 N–H and O–H groups in total. The molecule has 1 aromatic carbocycles. The van der Waals surface area contributed by atoms with Crippen molar-refractivity contribution in [1.82, 2.24) is 9.97 Å². The summed E-state index contributed by atoms with van der Waals surface area (Å²) in [6.45, 7) is 0.723. The molecule has 0 fully saturated rings. The SMILES string of the molecule is COc1ccc(CCNc2nccnc2C(N)=S)cc1. The van der Waals surface area contributed by atoms with E-state index in [1.807, 2.05) is 24.3 Å². The number of nitrogens with two attached hydrogens (primary N) is 1. The highest BCUT2D eigenvalue weighted by molar-refractivity contribution is 7.80. The Labute approximate surface area is 123 Å². The van der Waals surface area contributed by atoms with Crippen LogP contribution in [0.25, 0.3) is 0 Å². The highest BCUT2D eigenvalue weighted by atomic mass is 32.1. The summed E-state index contributed by atoms with van der Waals surface area (Å²) < 4.78 is 5.12. The Morgan fingerprint density at radius 2 is 1.95 bits per heavy atom. The van der Waals surface area contributed by atoms with Crippen LogP contribution in [0.5, 0.6) is 5.75 Å². The molecule has 2 rings (SSSR count). The first kappa shape index (κ1) is 14.2. The van der Waals surface area contributed by atoms with Crippen molar-refractivity contribution < 1.29 is 4.74 Å². The number of nitrogens with one attached hydrogen (secondary N) is 1. The van der Waals surface area contributed by atoms with Crippen LogP contribution < -0.4 is 15.8 Å². The van der Waals surface area contributed by atoms with Crippen molar-refractivity contribution in [2.24, 2.45) is 5.73 Å². The van der Waals surface area contributed by atoms with Gasteiger partial charge in [-0.05, 0) is 24.1 Å². The lowest BCUT2D eigenvalue weighted by Crippen LogP contribution is -2.17. The molecule has 2 aromatic rings.